The molecule has 0 unspecified atom stereocenters. The number of rotatable bonds is 12. The van der Waals surface area contributed by atoms with Crippen LogP contribution in [0.3, 0.4) is 0 Å². The lowest BCUT2D eigenvalue weighted by Crippen LogP contribution is -2.15. The molecule has 6 rings (SSSR count). The van der Waals surface area contributed by atoms with Crippen molar-refractivity contribution in [1.29, 1.82) is 0 Å². The van der Waals surface area contributed by atoms with E-state index < -0.39 is 0 Å². The van der Waals surface area contributed by atoms with Gasteiger partial charge in [-0.3, -0.25) is 10.2 Å². The lowest BCUT2D eigenvalue weighted by molar-refractivity contribution is 0.309. The van der Waals surface area contributed by atoms with Gasteiger partial charge in [-0.2, -0.15) is 10.2 Å². The molecule has 6 aromatic rings. The van der Waals surface area contributed by atoms with Crippen molar-refractivity contribution in [3.05, 3.63) is 120 Å². The summed E-state index contributed by atoms with van der Waals surface area (Å²) in [7, 11) is 6.10. The van der Waals surface area contributed by atoms with E-state index in [0.717, 1.165) is 81.8 Å². The normalized spacial score (nSPS) is 11.1. The van der Waals surface area contributed by atoms with Crippen molar-refractivity contribution in [3.8, 4) is 11.5 Å². The Labute approximate surface area is 253 Å². The first-order valence-electron chi connectivity index (χ1n) is 14.7. The van der Waals surface area contributed by atoms with Gasteiger partial charge in [0.25, 0.3) is 0 Å². The first-order chi connectivity index (χ1) is 21.1. The number of nitrogens with one attached hydrogen (secondary N) is 3. The highest BCUT2D eigenvalue weighted by atomic mass is 16.5. The Bertz CT molecular complexity index is 1700. The Morgan fingerprint density at radius 2 is 1.12 bits per heavy atom. The molecule has 2 aromatic heterocycles. The molecule has 0 aliphatic rings. The van der Waals surface area contributed by atoms with Crippen LogP contribution < -0.4 is 14.8 Å². The highest BCUT2D eigenvalue weighted by Gasteiger charge is 2.12. The molecule has 0 fully saturated rings. The van der Waals surface area contributed by atoms with Gasteiger partial charge in [-0.15, -0.1) is 0 Å². The number of likely N-dealkylation sites (N-methyl/N-ethyl adjacent to an activating group) is 2. The second-order valence-electron chi connectivity index (χ2n) is 10.7. The van der Waals surface area contributed by atoms with Gasteiger partial charge >= 0.3 is 0 Å². The number of benzene rings is 4. The molecule has 0 saturated heterocycles. The maximum Gasteiger partial charge on any atom is 0.131 e. The number of fused-ring (bicyclic) bond motifs is 2. The molecule has 43 heavy (non-hydrogen) atoms. The van der Waals surface area contributed by atoms with Gasteiger partial charge in [0.15, 0.2) is 0 Å². The summed E-state index contributed by atoms with van der Waals surface area (Å²) in [5.74, 6) is 1.78. The smallest absolute Gasteiger partial charge is 0.131 e. The van der Waals surface area contributed by atoms with Crippen molar-refractivity contribution in [2.24, 2.45) is 0 Å². The van der Waals surface area contributed by atoms with Crippen LogP contribution in [0.1, 0.15) is 22.5 Å². The van der Waals surface area contributed by atoms with Gasteiger partial charge < -0.3 is 19.7 Å². The third-order valence-electron chi connectivity index (χ3n) is 7.14. The van der Waals surface area contributed by atoms with Crippen molar-refractivity contribution >= 4 is 21.8 Å². The minimum absolute atomic E-state index is 0.566. The van der Waals surface area contributed by atoms with Crippen molar-refractivity contribution in [1.82, 2.24) is 30.6 Å². The topological polar surface area (TPSA) is 91.1 Å². The maximum absolute atomic E-state index is 6.04. The van der Waals surface area contributed by atoms with Crippen LogP contribution >= 0.6 is 0 Å². The van der Waals surface area contributed by atoms with E-state index in [1.54, 1.807) is 0 Å². The molecule has 0 amide bonds. The number of hydrogen-bond acceptors (Lipinski definition) is 6. The summed E-state index contributed by atoms with van der Waals surface area (Å²) in [5.41, 5.74) is 6.48. The third-order valence-corrected chi connectivity index (χ3v) is 7.14. The molecular weight excluding hydrogens is 536 g/mol. The second-order valence-corrected chi connectivity index (χ2v) is 10.7. The molecule has 0 spiro atoms. The zero-order chi connectivity index (χ0) is 29.9. The molecule has 0 atom stereocenters. The number of hydrogen-bond donors (Lipinski definition) is 3. The Morgan fingerprint density at radius 3 is 1.58 bits per heavy atom. The summed E-state index contributed by atoms with van der Waals surface area (Å²) in [6.07, 6.45) is 1.83. The molecule has 4 aromatic carbocycles. The van der Waals surface area contributed by atoms with Gasteiger partial charge in [0, 0.05) is 37.3 Å². The molecule has 0 aliphatic carbocycles. The molecule has 2 heterocycles. The van der Waals surface area contributed by atoms with Gasteiger partial charge in [0.1, 0.15) is 24.7 Å². The number of aromatic amines is 2. The Hall–Kier alpha value is -4.66. The van der Waals surface area contributed by atoms with E-state index in [1.807, 2.05) is 79.8 Å². The van der Waals surface area contributed by atoms with Crippen LogP contribution in [0.2, 0.25) is 0 Å². The molecule has 0 bridgehead atoms. The van der Waals surface area contributed by atoms with Crippen LogP contribution in [0.25, 0.3) is 21.8 Å². The Balaban J connectivity index is 0.000000171. The first kappa shape index (κ1) is 29.8. The largest absolute Gasteiger partial charge is 0.488 e. The monoisotopic (exact) mass is 576 g/mol. The molecule has 0 radical (unpaired) electrons. The Morgan fingerprint density at radius 1 is 0.628 bits per heavy atom. The highest BCUT2D eigenvalue weighted by molar-refractivity contribution is 5.88. The van der Waals surface area contributed by atoms with E-state index in [1.165, 1.54) is 0 Å². The summed E-state index contributed by atoms with van der Waals surface area (Å²) in [6, 6.07) is 32.4. The standard InChI is InChI=1S/C18H21N3O.C17H19N3O/c1-21(2)12-11-16-18-15(19-20-16)9-6-10-17(18)22-13-14-7-4-3-5-8-14;1-18-11-10-15-17-14(19-20-15)8-5-9-16(17)21-12-13-6-3-2-4-7-13/h3-10H,11-13H2,1-2H3,(H,19,20);2-9,18H,10-12H2,1H3,(H,19,20). The minimum Gasteiger partial charge on any atom is -0.488 e. The predicted molar refractivity (Wildman–Crippen MR) is 174 cm³/mol. The van der Waals surface area contributed by atoms with Crippen LogP contribution in [-0.2, 0) is 26.1 Å². The zero-order valence-corrected chi connectivity index (χ0v) is 25.1. The molecule has 0 saturated carbocycles. The third kappa shape index (κ3) is 8.00. The second kappa shape index (κ2) is 15.0. The fourth-order valence-electron chi connectivity index (χ4n) is 4.86. The predicted octanol–water partition coefficient (Wildman–Crippen LogP) is 6.15. The summed E-state index contributed by atoms with van der Waals surface area (Å²) in [6.45, 7) is 3.02. The minimum atomic E-state index is 0.566. The van der Waals surface area contributed by atoms with Crippen LogP contribution in [0.15, 0.2) is 97.1 Å². The zero-order valence-electron chi connectivity index (χ0n) is 25.1. The molecule has 3 N–H and O–H groups in total. The van der Waals surface area contributed by atoms with Crippen LogP contribution in [0, 0.1) is 0 Å². The van der Waals surface area contributed by atoms with E-state index in [0.29, 0.717) is 13.2 Å². The van der Waals surface area contributed by atoms with Crippen molar-refractivity contribution in [3.63, 3.8) is 0 Å². The fourth-order valence-corrected chi connectivity index (χ4v) is 4.86. The van der Waals surface area contributed by atoms with Crippen molar-refractivity contribution in [2.75, 3.05) is 34.2 Å². The van der Waals surface area contributed by atoms with Crippen molar-refractivity contribution < 1.29 is 9.47 Å². The number of H-pyrrole nitrogens is 2. The summed E-state index contributed by atoms with van der Waals surface area (Å²) < 4.78 is 12.0. The van der Waals surface area contributed by atoms with Gasteiger partial charge in [0.2, 0.25) is 0 Å². The molecule has 222 valence electrons. The summed E-state index contributed by atoms with van der Waals surface area (Å²) >= 11 is 0. The summed E-state index contributed by atoms with van der Waals surface area (Å²) in [4.78, 5) is 2.17. The van der Waals surface area contributed by atoms with Crippen LogP contribution in [-0.4, -0.2) is 59.5 Å². The van der Waals surface area contributed by atoms with Gasteiger partial charge in [-0.25, -0.2) is 0 Å². The average molecular weight is 577 g/mol. The molecule has 0 aliphatic heterocycles. The number of ether oxygens (including phenoxy) is 2. The van der Waals surface area contributed by atoms with E-state index in [-0.39, 0.29) is 0 Å². The van der Waals surface area contributed by atoms with E-state index in [4.69, 9.17) is 9.47 Å². The highest BCUT2D eigenvalue weighted by Crippen LogP contribution is 2.29. The lowest BCUT2D eigenvalue weighted by Gasteiger charge is -2.10. The van der Waals surface area contributed by atoms with Gasteiger partial charge in [0.05, 0.1) is 21.8 Å². The average Bonchev–Trinajstić information content (AvgIpc) is 3.67. The van der Waals surface area contributed by atoms with Gasteiger partial charge in [-0.05, 0) is 56.5 Å². The lowest BCUT2D eigenvalue weighted by atomic mass is 10.1. The quantitative estimate of drug-likeness (QED) is 0.162. The van der Waals surface area contributed by atoms with E-state index >= 15 is 0 Å². The SMILES string of the molecule is CN(C)CCc1[nH]nc2cccc(OCc3ccccc3)c12.CNCCc1[nH]nc2cccc(OCc3ccccc3)c12. The molecule has 8 nitrogen and oxygen atoms in total. The number of nitrogens with zero attached hydrogens (tertiary/aromatic N) is 3. The van der Waals surface area contributed by atoms with Crippen LogP contribution in [0.4, 0.5) is 0 Å². The molecule has 8 heteroatoms. The van der Waals surface area contributed by atoms with Gasteiger partial charge in [-0.1, -0.05) is 72.8 Å². The number of aromatic nitrogens is 4. The van der Waals surface area contributed by atoms with Crippen molar-refractivity contribution in [2.45, 2.75) is 26.1 Å². The summed E-state index contributed by atoms with van der Waals surface area (Å²) in [5, 5.41) is 20.4. The van der Waals surface area contributed by atoms with E-state index in [9.17, 15) is 0 Å². The van der Waals surface area contributed by atoms with E-state index in [2.05, 4.69) is 69.0 Å². The Kier molecular flexibility index (Phi) is 10.4. The maximum atomic E-state index is 6.04. The first-order valence-corrected chi connectivity index (χ1v) is 14.7. The fraction of sp³-hybridized carbons (Fsp3) is 0.257. The molecular formula is C35H40N6O2. The van der Waals surface area contributed by atoms with Crippen LogP contribution in [0.5, 0.6) is 11.5 Å².